The zero-order valence-corrected chi connectivity index (χ0v) is 12.1. The minimum atomic E-state index is -0.268. The first-order chi connectivity index (χ1) is 10.2. The third-order valence-electron chi connectivity index (χ3n) is 3.10. The van der Waals surface area contributed by atoms with E-state index in [9.17, 15) is 4.79 Å². The molecule has 5 heteroatoms. The van der Waals surface area contributed by atoms with Crippen molar-refractivity contribution in [2.45, 2.75) is 6.92 Å². The number of alkyl halides is 1. The van der Waals surface area contributed by atoms with Gasteiger partial charge >= 0.3 is 0 Å². The summed E-state index contributed by atoms with van der Waals surface area (Å²) in [5.41, 5.74) is 3.99. The monoisotopic (exact) mass is 300 g/mol. The second-order valence-electron chi connectivity index (χ2n) is 4.72. The molecule has 0 radical (unpaired) electrons. The van der Waals surface area contributed by atoms with Gasteiger partial charge in [-0.3, -0.25) is 4.79 Å². The number of amides is 1. The van der Waals surface area contributed by atoms with Gasteiger partial charge in [0.15, 0.2) is 5.58 Å². The first-order valence-corrected chi connectivity index (χ1v) is 7.03. The molecule has 3 rings (SSSR count). The molecule has 1 aromatic heterocycles. The number of fused-ring (bicyclic) bond motifs is 1. The number of aromatic nitrogens is 1. The number of anilines is 1. The predicted molar refractivity (Wildman–Crippen MR) is 83.5 cm³/mol. The topological polar surface area (TPSA) is 55.1 Å². The number of para-hydroxylation sites is 1. The highest BCUT2D eigenvalue weighted by molar-refractivity contribution is 6.29. The van der Waals surface area contributed by atoms with Gasteiger partial charge in [-0.1, -0.05) is 18.2 Å². The molecule has 1 amide bonds. The molecule has 2 aromatic carbocycles. The quantitative estimate of drug-likeness (QED) is 0.744. The molecule has 106 valence electrons. The number of nitrogens with one attached hydrogen (secondary N) is 1. The third-order valence-corrected chi connectivity index (χ3v) is 3.34. The van der Waals surface area contributed by atoms with E-state index in [2.05, 4.69) is 10.3 Å². The van der Waals surface area contributed by atoms with Crippen LogP contribution in [0.25, 0.3) is 22.6 Å². The van der Waals surface area contributed by atoms with Crippen LogP contribution >= 0.6 is 11.6 Å². The number of oxazole rings is 1. The first kappa shape index (κ1) is 13.6. The Labute approximate surface area is 126 Å². The molecule has 1 N–H and O–H groups in total. The van der Waals surface area contributed by atoms with Gasteiger partial charge in [0.2, 0.25) is 11.8 Å². The SMILES string of the molecule is Cc1ccc2oc(-c3ccccc3NC(=O)CCl)nc2c1. The van der Waals surface area contributed by atoms with Crippen LogP contribution in [0.3, 0.4) is 0 Å². The summed E-state index contributed by atoms with van der Waals surface area (Å²) in [4.78, 5) is 16.0. The van der Waals surface area contributed by atoms with E-state index >= 15 is 0 Å². The smallest absolute Gasteiger partial charge is 0.239 e. The van der Waals surface area contributed by atoms with Crippen LogP contribution in [0.15, 0.2) is 46.9 Å². The normalized spacial score (nSPS) is 10.8. The Morgan fingerprint density at radius 2 is 2.10 bits per heavy atom. The lowest BCUT2D eigenvalue weighted by Gasteiger charge is -2.06. The van der Waals surface area contributed by atoms with Crippen LogP contribution in [0.2, 0.25) is 0 Å². The third kappa shape index (κ3) is 2.76. The van der Waals surface area contributed by atoms with E-state index in [1.54, 1.807) is 6.07 Å². The number of aryl methyl sites for hydroxylation is 1. The van der Waals surface area contributed by atoms with Crippen LogP contribution in [-0.4, -0.2) is 16.8 Å². The van der Waals surface area contributed by atoms with Gasteiger partial charge in [0.1, 0.15) is 11.4 Å². The Morgan fingerprint density at radius 1 is 1.29 bits per heavy atom. The maximum absolute atomic E-state index is 11.5. The van der Waals surface area contributed by atoms with E-state index in [-0.39, 0.29) is 11.8 Å². The summed E-state index contributed by atoms with van der Waals surface area (Å²) >= 11 is 5.53. The number of nitrogens with zero attached hydrogens (tertiary/aromatic N) is 1. The molecule has 1 heterocycles. The molecule has 0 fully saturated rings. The summed E-state index contributed by atoms with van der Waals surface area (Å²) in [5, 5.41) is 2.74. The summed E-state index contributed by atoms with van der Waals surface area (Å²) in [7, 11) is 0. The Hall–Kier alpha value is -2.33. The molecule has 3 aromatic rings. The van der Waals surface area contributed by atoms with Crippen molar-refractivity contribution < 1.29 is 9.21 Å². The van der Waals surface area contributed by atoms with Gasteiger partial charge in [-0.25, -0.2) is 4.98 Å². The molecule has 0 saturated carbocycles. The first-order valence-electron chi connectivity index (χ1n) is 6.50. The van der Waals surface area contributed by atoms with Gasteiger partial charge < -0.3 is 9.73 Å². The van der Waals surface area contributed by atoms with Gasteiger partial charge in [0, 0.05) is 0 Å². The van der Waals surface area contributed by atoms with Gasteiger partial charge in [-0.15, -0.1) is 11.6 Å². The van der Waals surface area contributed by atoms with Crippen LogP contribution in [0.1, 0.15) is 5.56 Å². The van der Waals surface area contributed by atoms with Crippen LogP contribution in [0.5, 0.6) is 0 Å². The second-order valence-corrected chi connectivity index (χ2v) is 4.98. The fraction of sp³-hybridized carbons (Fsp3) is 0.125. The summed E-state index contributed by atoms with van der Waals surface area (Å²) in [6.45, 7) is 2.00. The molecule has 0 aliphatic heterocycles. The van der Waals surface area contributed by atoms with Crippen molar-refractivity contribution in [2.75, 3.05) is 11.2 Å². The zero-order chi connectivity index (χ0) is 14.8. The zero-order valence-electron chi connectivity index (χ0n) is 11.4. The average Bonchev–Trinajstić information content (AvgIpc) is 2.90. The van der Waals surface area contributed by atoms with E-state index in [0.29, 0.717) is 17.2 Å². The highest BCUT2D eigenvalue weighted by Gasteiger charge is 2.13. The molecule has 0 aliphatic carbocycles. The van der Waals surface area contributed by atoms with Crippen molar-refractivity contribution in [1.29, 1.82) is 0 Å². The summed E-state index contributed by atoms with van der Waals surface area (Å²) in [6, 6.07) is 13.2. The maximum atomic E-state index is 11.5. The van der Waals surface area contributed by atoms with E-state index in [1.807, 2.05) is 43.3 Å². The number of carbonyl (C=O) groups excluding carboxylic acids is 1. The van der Waals surface area contributed by atoms with Crippen LogP contribution in [0.4, 0.5) is 5.69 Å². The molecule has 4 nitrogen and oxygen atoms in total. The van der Waals surface area contributed by atoms with Gasteiger partial charge in [0.25, 0.3) is 0 Å². The molecule has 0 bridgehead atoms. The highest BCUT2D eigenvalue weighted by atomic mass is 35.5. The van der Waals surface area contributed by atoms with E-state index in [0.717, 1.165) is 16.6 Å². The summed E-state index contributed by atoms with van der Waals surface area (Å²) in [5.74, 6) is 0.110. The molecule has 21 heavy (non-hydrogen) atoms. The molecule has 0 unspecified atom stereocenters. The molecule has 0 saturated heterocycles. The van der Waals surface area contributed by atoms with Crippen molar-refractivity contribution in [3.8, 4) is 11.5 Å². The molecular formula is C16H13ClN2O2. The summed E-state index contributed by atoms with van der Waals surface area (Å²) in [6.07, 6.45) is 0. The van der Waals surface area contributed by atoms with Crippen molar-refractivity contribution in [3.05, 3.63) is 48.0 Å². The number of benzene rings is 2. The fourth-order valence-corrected chi connectivity index (χ4v) is 2.18. The van der Waals surface area contributed by atoms with Gasteiger partial charge in [0.05, 0.1) is 11.3 Å². The van der Waals surface area contributed by atoms with Crippen LogP contribution in [0, 0.1) is 6.92 Å². The van der Waals surface area contributed by atoms with Crippen molar-refractivity contribution in [3.63, 3.8) is 0 Å². The van der Waals surface area contributed by atoms with E-state index in [1.165, 1.54) is 0 Å². The van der Waals surface area contributed by atoms with E-state index < -0.39 is 0 Å². The molecule has 0 aliphatic rings. The van der Waals surface area contributed by atoms with Gasteiger partial charge in [-0.2, -0.15) is 0 Å². The fourth-order valence-electron chi connectivity index (χ4n) is 2.11. The second kappa shape index (κ2) is 5.58. The molecule has 0 atom stereocenters. The number of carbonyl (C=O) groups is 1. The largest absolute Gasteiger partial charge is 0.436 e. The number of hydrogen-bond acceptors (Lipinski definition) is 3. The number of hydrogen-bond donors (Lipinski definition) is 1. The maximum Gasteiger partial charge on any atom is 0.239 e. The van der Waals surface area contributed by atoms with Gasteiger partial charge in [-0.05, 0) is 36.8 Å². The number of halogens is 1. The predicted octanol–water partition coefficient (Wildman–Crippen LogP) is 3.98. The van der Waals surface area contributed by atoms with Crippen molar-refractivity contribution in [1.82, 2.24) is 4.98 Å². The lowest BCUT2D eigenvalue weighted by Crippen LogP contribution is -2.13. The van der Waals surface area contributed by atoms with Crippen molar-refractivity contribution in [2.24, 2.45) is 0 Å². The van der Waals surface area contributed by atoms with Crippen LogP contribution in [-0.2, 0) is 4.79 Å². The molecular weight excluding hydrogens is 288 g/mol. The standard InChI is InChI=1S/C16H13ClN2O2/c1-10-6-7-14-13(8-10)19-16(21-14)11-4-2-3-5-12(11)18-15(20)9-17/h2-8H,9H2,1H3,(H,18,20). The Morgan fingerprint density at radius 3 is 2.90 bits per heavy atom. The molecule has 0 spiro atoms. The lowest BCUT2D eigenvalue weighted by atomic mass is 10.1. The van der Waals surface area contributed by atoms with E-state index in [4.69, 9.17) is 16.0 Å². The Kier molecular flexibility index (Phi) is 3.62. The highest BCUT2D eigenvalue weighted by Crippen LogP contribution is 2.30. The minimum absolute atomic E-state index is 0.0961. The van der Waals surface area contributed by atoms with Crippen molar-refractivity contribution >= 4 is 34.3 Å². The Balaban J connectivity index is 2.07. The summed E-state index contributed by atoms with van der Waals surface area (Å²) < 4.78 is 5.77. The number of rotatable bonds is 3. The average molecular weight is 301 g/mol. The minimum Gasteiger partial charge on any atom is -0.436 e. The Bertz CT molecular complexity index is 811. The lowest BCUT2D eigenvalue weighted by molar-refractivity contribution is -0.113. The van der Waals surface area contributed by atoms with Crippen LogP contribution < -0.4 is 5.32 Å².